The van der Waals surface area contributed by atoms with Crippen LogP contribution in [0, 0.1) is 0 Å². The zero-order valence-electron chi connectivity index (χ0n) is 9.94. The van der Waals surface area contributed by atoms with Crippen LogP contribution in [-0.4, -0.2) is 23.0 Å². The number of sulfonamides is 1. The number of nitrogens with one attached hydrogen (secondary N) is 1. The van der Waals surface area contributed by atoms with E-state index in [0.29, 0.717) is 10.6 Å². The van der Waals surface area contributed by atoms with Crippen LogP contribution in [0.15, 0.2) is 41.0 Å². The maximum absolute atomic E-state index is 12.2. The van der Waals surface area contributed by atoms with Crippen molar-refractivity contribution in [2.75, 3.05) is 4.72 Å². The average Bonchev–Trinajstić information content (AvgIpc) is 2.99. The summed E-state index contributed by atoms with van der Waals surface area (Å²) in [5.41, 5.74) is 1.53. The lowest BCUT2D eigenvalue weighted by Gasteiger charge is -2.05. The van der Waals surface area contributed by atoms with Crippen molar-refractivity contribution in [1.29, 1.82) is 0 Å². The van der Waals surface area contributed by atoms with Crippen LogP contribution in [0.25, 0.3) is 11.0 Å². The summed E-state index contributed by atoms with van der Waals surface area (Å²) in [5, 5.41) is 2.06. The van der Waals surface area contributed by atoms with E-state index in [9.17, 15) is 8.42 Å². The van der Waals surface area contributed by atoms with Crippen molar-refractivity contribution in [3.63, 3.8) is 0 Å². The van der Waals surface area contributed by atoms with Gasteiger partial charge in [0.05, 0.1) is 22.3 Å². The van der Waals surface area contributed by atoms with E-state index in [1.54, 1.807) is 36.1 Å². The number of hydrogen-bond donors (Lipinski definition) is 1. The van der Waals surface area contributed by atoms with Crippen molar-refractivity contribution >= 4 is 37.5 Å². The van der Waals surface area contributed by atoms with Gasteiger partial charge in [-0.15, -0.1) is 11.3 Å². The van der Waals surface area contributed by atoms with Gasteiger partial charge in [0.1, 0.15) is 0 Å². The lowest BCUT2D eigenvalue weighted by atomic mass is 10.3. The summed E-state index contributed by atoms with van der Waals surface area (Å²) in [6, 6.07) is 4.84. The summed E-state index contributed by atoms with van der Waals surface area (Å²) in [4.78, 5) is 8.22. The fourth-order valence-electron chi connectivity index (χ4n) is 1.73. The van der Waals surface area contributed by atoms with Crippen LogP contribution in [0.3, 0.4) is 0 Å². The molecule has 0 amide bonds. The fraction of sp³-hybridized carbons (Fsp3) is 0.0909. The fourth-order valence-corrected chi connectivity index (χ4v) is 3.54. The largest absolute Gasteiger partial charge is 0.334 e. The molecule has 0 fully saturated rings. The third kappa shape index (κ3) is 2.20. The Morgan fingerprint density at radius 2 is 2.16 bits per heavy atom. The highest BCUT2D eigenvalue weighted by atomic mass is 32.2. The summed E-state index contributed by atoms with van der Waals surface area (Å²) in [7, 11) is -1.76. The maximum Gasteiger partial charge on any atom is 0.263 e. The summed E-state index contributed by atoms with van der Waals surface area (Å²) in [6.45, 7) is 0. The van der Waals surface area contributed by atoms with Crippen LogP contribution in [0.5, 0.6) is 0 Å². The highest BCUT2D eigenvalue weighted by Crippen LogP contribution is 2.21. The van der Waals surface area contributed by atoms with Gasteiger partial charge in [-0.3, -0.25) is 4.72 Å². The Hall–Kier alpha value is -1.93. The molecule has 3 aromatic rings. The van der Waals surface area contributed by atoms with Crippen molar-refractivity contribution in [3.8, 4) is 0 Å². The molecule has 1 N–H and O–H groups in total. The molecule has 0 spiro atoms. The van der Waals surface area contributed by atoms with Crippen molar-refractivity contribution < 1.29 is 8.42 Å². The first-order valence-electron chi connectivity index (χ1n) is 5.40. The van der Waals surface area contributed by atoms with Gasteiger partial charge < -0.3 is 4.57 Å². The smallest absolute Gasteiger partial charge is 0.263 e. The molecule has 1 aromatic carbocycles. The molecular formula is C11H10N4O2S2. The second-order valence-corrected chi connectivity index (χ2v) is 6.53. The summed E-state index contributed by atoms with van der Waals surface area (Å²) in [5.74, 6) is 0. The minimum absolute atomic E-state index is 0.175. The molecule has 3 rings (SSSR count). The quantitative estimate of drug-likeness (QED) is 0.799. The number of rotatable bonds is 3. The Kier molecular flexibility index (Phi) is 2.76. The van der Waals surface area contributed by atoms with Crippen LogP contribution >= 0.6 is 11.3 Å². The molecule has 0 unspecified atom stereocenters. The van der Waals surface area contributed by atoms with Crippen molar-refractivity contribution in [2.45, 2.75) is 4.90 Å². The maximum atomic E-state index is 12.2. The number of aryl methyl sites for hydroxylation is 1. The molecule has 98 valence electrons. The molecule has 0 aliphatic carbocycles. The minimum atomic E-state index is -3.62. The molecule has 19 heavy (non-hydrogen) atoms. The number of benzene rings is 1. The Balaban J connectivity index is 2.03. The van der Waals surface area contributed by atoms with Crippen LogP contribution in [0.4, 0.5) is 5.13 Å². The third-order valence-electron chi connectivity index (χ3n) is 2.66. The number of anilines is 1. The van der Waals surface area contributed by atoms with E-state index in [1.165, 1.54) is 11.3 Å². The second-order valence-electron chi connectivity index (χ2n) is 3.95. The summed E-state index contributed by atoms with van der Waals surface area (Å²) >= 11 is 1.23. The number of aromatic nitrogens is 3. The average molecular weight is 294 g/mol. The summed E-state index contributed by atoms with van der Waals surface area (Å²) in [6.07, 6.45) is 3.19. The topological polar surface area (TPSA) is 76.9 Å². The molecule has 0 atom stereocenters. The highest BCUT2D eigenvalue weighted by molar-refractivity contribution is 7.93. The monoisotopic (exact) mass is 294 g/mol. The lowest BCUT2D eigenvalue weighted by molar-refractivity contribution is 0.601. The highest BCUT2D eigenvalue weighted by Gasteiger charge is 2.16. The van der Waals surface area contributed by atoms with Gasteiger partial charge in [-0.2, -0.15) is 0 Å². The number of imidazole rings is 1. The molecular weight excluding hydrogens is 284 g/mol. The van der Waals surface area contributed by atoms with Gasteiger partial charge in [0.15, 0.2) is 5.13 Å². The lowest BCUT2D eigenvalue weighted by Crippen LogP contribution is -2.12. The van der Waals surface area contributed by atoms with Crippen LogP contribution < -0.4 is 4.72 Å². The Bertz CT molecular complexity index is 822. The van der Waals surface area contributed by atoms with E-state index in [0.717, 1.165) is 5.52 Å². The van der Waals surface area contributed by atoms with Crippen LogP contribution in [0.1, 0.15) is 0 Å². The standard InChI is InChI=1S/C11H10N4O2S2/c1-15-7-13-9-6-8(2-3-10(9)15)19(16,17)14-11-12-4-5-18-11/h2-7H,1H3,(H,12,14). The van der Waals surface area contributed by atoms with Gasteiger partial charge in [0.2, 0.25) is 0 Å². The summed E-state index contributed by atoms with van der Waals surface area (Å²) < 4.78 is 28.6. The predicted molar refractivity (Wildman–Crippen MR) is 73.6 cm³/mol. The predicted octanol–water partition coefficient (Wildman–Crippen LogP) is 1.83. The minimum Gasteiger partial charge on any atom is -0.334 e. The van der Waals surface area contributed by atoms with Crippen molar-refractivity contribution in [1.82, 2.24) is 14.5 Å². The molecule has 2 heterocycles. The first-order chi connectivity index (χ1) is 9.06. The number of hydrogen-bond acceptors (Lipinski definition) is 5. The molecule has 8 heteroatoms. The van der Waals surface area contributed by atoms with E-state index in [4.69, 9.17) is 0 Å². The van der Waals surface area contributed by atoms with Gasteiger partial charge >= 0.3 is 0 Å². The van der Waals surface area contributed by atoms with Gasteiger partial charge in [-0.1, -0.05) is 0 Å². The van der Waals surface area contributed by atoms with E-state index in [1.807, 2.05) is 11.6 Å². The van der Waals surface area contributed by atoms with Gasteiger partial charge in [-0.25, -0.2) is 18.4 Å². The van der Waals surface area contributed by atoms with E-state index in [-0.39, 0.29) is 4.90 Å². The van der Waals surface area contributed by atoms with Crippen molar-refractivity contribution in [3.05, 3.63) is 36.1 Å². The third-order valence-corrected chi connectivity index (χ3v) is 4.82. The van der Waals surface area contributed by atoms with E-state index in [2.05, 4.69) is 14.7 Å². The Morgan fingerprint density at radius 3 is 2.89 bits per heavy atom. The normalized spacial score (nSPS) is 11.8. The van der Waals surface area contributed by atoms with Crippen LogP contribution in [0.2, 0.25) is 0 Å². The van der Waals surface area contributed by atoms with Crippen molar-refractivity contribution in [2.24, 2.45) is 7.05 Å². The number of nitrogens with zero attached hydrogens (tertiary/aromatic N) is 3. The zero-order chi connectivity index (χ0) is 13.5. The molecule has 6 nitrogen and oxygen atoms in total. The molecule has 0 radical (unpaired) electrons. The molecule has 0 aliphatic rings. The van der Waals surface area contributed by atoms with E-state index >= 15 is 0 Å². The zero-order valence-corrected chi connectivity index (χ0v) is 11.6. The number of thiazole rings is 1. The van der Waals surface area contributed by atoms with Gasteiger partial charge in [0, 0.05) is 18.6 Å². The molecule has 0 bridgehead atoms. The molecule has 2 aromatic heterocycles. The molecule has 0 aliphatic heterocycles. The first kappa shape index (κ1) is 12.1. The SMILES string of the molecule is Cn1cnc2cc(S(=O)(=O)Nc3nccs3)ccc21. The molecule has 0 saturated carbocycles. The van der Waals surface area contributed by atoms with E-state index < -0.39 is 10.0 Å². The van der Waals surface area contributed by atoms with Crippen LogP contribution in [-0.2, 0) is 17.1 Å². The first-order valence-corrected chi connectivity index (χ1v) is 7.76. The Morgan fingerprint density at radius 1 is 1.32 bits per heavy atom. The number of fused-ring (bicyclic) bond motifs is 1. The second kappa shape index (κ2) is 4.32. The van der Waals surface area contributed by atoms with Gasteiger partial charge in [-0.05, 0) is 18.2 Å². The van der Waals surface area contributed by atoms with Gasteiger partial charge in [0.25, 0.3) is 10.0 Å². The Labute approximate surface area is 113 Å². The molecule has 0 saturated heterocycles.